The van der Waals surface area contributed by atoms with E-state index in [1.165, 1.54) is 6.92 Å². The SMILES string of the molecule is COc1ccccc1CN(C[C@@H](Cc1c[nH]c2ccccc12)NC(=O)COc1ccc(CO)cc1)C(C)=O. The second kappa shape index (κ2) is 12.8. The number of aliphatic hydroxyl groups is 1. The largest absolute Gasteiger partial charge is 0.496 e. The van der Waals surface area contributed by atoms with Gasteiger partial charge in [0.2, 0.25) is 5.91 Å². The highest BCUT2D eigenvalue weighted by Crippen LogP contribution is 2.22. The summed E-state index contributed by atoms with van der Waals surface area (Å²) in [6.07, 6.45) is 2.47. The van der Waals surface area contributed by atoms with Crippen LogP contribution in [-0.2, 0) is 29.2 Å². The second-order valence-corrected chi connectivity index (χ2v) is 9.13. The number of para-hydroxylation sites is 2. The van der Waals surface area contributed by atoms with Crippen molar-refractivity contribution in [2.24, 2.45) is 0 Å². The number of carbonyl (C=O) groups excluding carboxylic acids is 2. The zero-order valence-corrected chi connectivity index (χ0v) is 21.6. The zero-order valence-electron chi connectivity index (χ0n) is 21.6. The highest BCUT2D eigenvalue weighted by Gasteiger charge is 2.22. The molecule has 0 aliphatic rings. The normalized spacial score (nSPS) is 11.7. The van der Waals surface area contributed by atoms with Crippen molar-refractivity contribution in [2.45, 2.75) is 32.5 Å². The number of H-pyrrole nitrogens is 1. The Morgan fingerprint density at radius 2 is 1.74 bits per heavy atom. The molecule has 0 saturated heterocycles. The van der Waals surface area contributed by atoms with E-state index < -0.39 is 0 Å². The van der Waals surface area contributed by atoms with Crippen molar-refractivity contribution in [3.8, 4) is 11.5 Å². The third-order valence-electron chi connectivity index (χ3n) is 6.42. The highest BCUT2D eigenvalue weighted by atomic mass is 16.5. The lowest BCUT2D eigenvalue weighted by Gasteiger charge is -2.28. The number of nitrogens with one attached hydrogen (secondary N) is 2. The van der Waals surface area contributed by atoms with Crippen LogP contribution in [0.5, 0.6) is 11.5 Å². The summed E-state index contributed by atoms with van der Waals surface area (Å²) in [5, 5.41) is 13.4. The number of benzene rings is 3. The number of hydrogen-bond acceptors (Lipinski definition) is 5. The Hall–Kier alpha value is -4.30. The molecule has 3 N–H and O–H groups in total. The summed E-state index contributed by atoms with van der Waals surface area (Å²) in [6.45, 7) is 1.96. The van der Waals surface area contributed by atoms with Gasteiger partial charge in [-0.05, 0) is 41.8 Å². The van der Waals surface area contributed by atoms with Crippen LogP contribution >= 0.6 is 0 Å². The Labute approximate surface area is 222 Å². The van der Waals surface area contributed by atoms with Crippen LogP contribution in [0.15, 0.2) is 79.0 Å². The van der Waals surface area contributed by atoms with E-state index in [4.69, 9.17) is 9.47 Å². The molecule has 8 nitrogen and oxygen atoms in total. The van der Waals surface area contributed by atoms with Crippen LogP contribution in [0.4, 0.5) is 0 Å². The number of rotatable bonds is 12. The minimum atomic E-state index is -0.360. The molecule has 0 bridgehead atoms. The van der Waals surface area contributed by atoms with Crippen LogP contribution in [0.25, 0.3) is 10.9 Å². The van der Waals surface area contributed by atoms with Crippen molar-refractivity contribution in [1.82, 2.24) is 15.2 Å². The molecule has 2 amide bonds. The first-order valence-electron chi connectivity index (χ1n) is 12.5. The molecule has 4 aromatic rings. The average molecular weight is 516 g/mol. The highest BCUT2D eigenvalue weighted by molar-refractivity contribution is 5.83. The quantitative estimate of drug-likeness (QED) is 0.266. The van der Waals surface area contributed by atoms with Crippen LogP contribution in [0.1, 0.15) is 23.6 Å². The van der Waals surface area contributed by atoms with E-state index in [-0.39, 0.29) is 31.1 Å². The van der Waals surface area contributed by atoms with E-state index in [9.17, 15) is 14.7 Å². The summed E-state index contributed by atoms with van der Waals surface area (Å²) in [5.74, 6) is 0.847. The van der Waals surface area contributed by atoms with Crippen molar-refractivity contribution in [2.75, 3.05) is 20.3 Å². The lowest BCUT2D eigenvalue weighted by Crippen LogP contribution is -2.47. The van der Waals surface area contributed by atoms with Gasteiger partial charge < -0.3 is 29.8 Å². The van der Waals surface area contributed by atoms with Crippen LogP contribution in [0.3, 0.4) is 0 Å². The van der Waals surface area contributed by atoms with Gasteiger partial charge in [0.05, 0.1) is 19.8 Å². The standard InChI is InChI=1S/C30H33N3O5/c1-21(35)33(17-23-7-3-6-10-29(23)37-2)18-25(15-24-16-31-28-9-5-4-8-27(24)28)32-30(36)20-38-26-13-11-22(19-34)12-14-26/h3-14,16,25,31,34H,15,17-20H2,1-2H3,(H,32,36)/t25-/m1/s1. The maximum absolute atomic E-state index is 12.9. The van der Waals surface area contributed by atoms with E-state index in [0.29, 0.717) is 31.0 Å². The number of fused-ring (bicyclic) bond motifs is 1. The molecule has 4 rings (SSSR count). The van der Waals surface area contributed by atoms with E-state index in [0.717, 1.165) is 27.6 Å². The molecule has 0 aliphatic carbocycles. The van der Waals surface area contributed by atoms with Crippen LogP contribution in [0, 0.1) is 0 Å². The minimum Gasteiger partial charge on any atom is -0.496 e. The Morgan fingerprint density at radius 1 is 1.00 bits per heavy atom. The van der Waals surface area contributed by atoms with Crippen LogP contribution in [-0.4, -0.2) is 53.1 Å². The molecule has 3 aromatic carbocycles. The van der Waals surface area contributed by atoms with Gasteiger partial charge in [-0.1, -0.05) is 48.5 Å². The van der Waals surface area contributed by atoms with Crippen LogP contribution in [0.2, 0.25) is 0 Å². The van der Waals surface area contributed by atoms with E-state index >= 15 is 0 Å². The minimum absolute atomic E-state index is 0.0578. The van der Waals surface area contributed by atoms with Gasteiger partial charge >= 0.3 is 0 Å². The molecule has 0 aliphatic heterocycles. The van der Waals surface area contributed by atoms with Crippen molar-refractivity contribution in [3.05, 3.63) is 95.7 Å². The molecule has 0 spiro atoms. The zero-order chi connectivity index (χ0) is 26.9. The molecular formula is C30H33N3O5. The number of carbonyl (C=O) groups is 2. The topological polar surface area (TPSA) is 104 Å². The monoisotopic (exact) mass is 515 g/mol. The summed E-state index contributed by atoms with van der Waals surface area (Å²) in [4.78, 5) is 30.6. The van der Waals surface area contributed by atoms with E-state index in [2.05, 4.69) is 10.3 Å². The second-order valence-electron chi connectivity index (χ2n) is 9.13. The molecule has 198 valence electrons. The number of methoxy groups -OCH3 is 1. The van der Waals surface area contributed by atoms with Crippen molar-refractivity contribution in [1.29, 1.82) is 0 Å². The molecule has 1 atom stereocenters. The third kappa shape index (κ3) is 6.92. The fourth-order valence-electron chi connectivity index (χ4n) is 4.45. The summed E-state index contributed by atoms with van der Waals surface area (Å²) < 4.78 is 11.1. The van der Waals surface area contributed by atoms with Gasteiger partial charge in [0.25, 0.3) is 5.91 Å². The fourth-order valence-corrected chi connectivity index (χ4v) is 4.45. The fraction of sp³-hybridized carbons (Fsp3) is 0.267. The lowest BCUT2D eigenvalue weighted by atomic mass is 10.0. The van der Waals surface area contributed by atoms with Gasteiger partial charge in [0.1, 0.15) is 11.5 Å². The van der Waals surface area contributed by atoms with E-state index in [1.807, 2.05) is 54.7 Å². The number of amides is 2. The Balaban J connectivity index is 1.50. The summed E-state index contributed by atoms with van der Waals surface area (Å²) >= 11 is 0. The third-order valence-corrected chi connectivity index (χ3v) is 6.42. The van der Waals surface area contributed by atoms with Crippen molar-refractivity contribution in [3.63, 3.8) is 0 Å². The summed E-state index contributed by atoms with van der Waals surface area (Å²) in [6, 6.07) is 22.1. The number of aliphatic hydroxyl groups excluding tert-OH is 1. The first kappa shape index (κ1) is 26.8. The first-order chi connectivity index (χ1) is 18.5. The van der Waals surface area contributed by atoms with Gasteiger partial charge in [-0.2, -0.15) is 0 Å². The summed E-state index contributed by atoms with van der Waals surface area (Å²) in [5.41, 5.74) is 3.71. The first-order valence-corrected chi connectivity index (χ1v) is 12.5. The van der Waals surface area contributed by atoms with Gasteiger partial charge in [-0.25, -0.2) is 0 Å². The van der Waals surface area contributed by atoms with Crippen LogP contribution < -0.4 is 14.8 Å². The summed E-state index contributed by atoms with van der Waals surface area (Å²) in [7, 11) is 1.61. The smallest absolute Gasteiger partial charge is 0.258 e. The van der Waals surface area contributed by atoms with Gasteiger partial charge in [-0.15, -0.1) is 0 Å². The average Bonchev–Trinajstić information content (AvgIpc) is 3.34. The van der Waals surface area contributed by atoms with Gasteiger partial charge in [-0.3, -0.25) is 9.59 Å². The maximum atomic E-state index is 12.9. The van der Waals surface area contributed by atoms with E-state index in [1.54, 1.807) is 36.3 Å². The van der Waals surface area contributed by atoms with Gasteiger partial charge in [0, 0.05) is 42.7 Å². The predicted octanol–water partition coefficient (Wildman–Crippen LogP) is 3.82. The molecular weight excluding hydrogens is 482 g/mol. The number of nitrogens with zero attached hydrogens (tertiary/aromatic N) is 1. The molecule has 0 fully saturated rings. The molecule has 0 saturated carbocycles. The predicted molar refractivity (Wildman–Crippen MR) is 146 cm³/mol. The van der Waals surface area contributed by atoms with Gasteiger partial charge in [0.15, 0.2) is 6.61 Å². The number of aromatic amines is 1. The lowest BCUT2D eigenvalue weighted by molar-refractivity contribution is -0.131. The Morgan fingerprint density at radius 3 is 2.47 bits per heavy atom. The van der Waals surface area contributed by atoms with Crippen molar-refractivity contribution < 1.29 is 24.2 Å². The van der Waals surface area contributed by atoms with Crippen molar-refractivity contribution >= 4 is 22.7 Å². The molecule has 8 heteroatoms. The molecule has 0 radical (unpaired) electrons. The Bertz CT molecular complexity index is 1370. The number of hydrogen-bond donors (Lipinski definition) is 3. The molecule has 1 aromatic heterocycles. The molecule has 38 heavy (non-hydrogen) atoms. The molecule has 0 unspecified atom stereocenters. The number of aromatic nitrogens is 1. The Kier molecular flexibility index (Phi) is 9.00. The molecule has 1 heterocycles. The maximum Gasteiger partial charge on any atom is 0.258 e. The number of ether oxygens (including phenoxy) is 2.